The number of nitrogens with zero attached hydrogens (tertiary/aromatic N) is 2. The molecule has 0 radical (unpaired) electrons. The Kier molecular flexibility index (Phi) is 3.19. The molecule has 0 bridgehead atoms. The number of rotatable bonds is 0. The third kappa shape index (κ3) is 2.04. The van der Waals surface area contributed by atoms with Crippen LogP contribution in [0.4, 0.5) is 0 Å². The van der Waals surface area contributed by atoms with Crippen molar-refractivity contribution in [1.29, 1.82) is 0 Å². The molecular formula is C14H14N2O. The Balaban J connectivity index is 0.000000514. The average Bonchev–Trinajstić information content (AvgIpc) is 2.40. The summed E-state index contributed by atoms with van der Waals surface area (Å²) in [4.78, 5) is 8.78. The predicted molar refractivity (Wildman–Crippen MR) is 70.1 cm³/mol. The summed E-state index contributed by atoms with van der Waals surface area (Å²) in [5, 5.41) is 9.63. The first-order chi connectivity index (χ1) is 8.34. The van der Waals surface area contributed by atoms with Crippen molar-refractivity contribution in [2.75, 3.05) is 0 Å². The quantitative estimate of drug-likeness (QED) is 0.596. The molecule has 3 rings (SSSR count). The van der Waals surface area contributed by atoms with Crippen molar-refractivity contribution in [3.05, 3.63) is 42.5 Å². The first kappa shape index (κ1) is 11.3. The van der Waals surface area contributed by atoms with Crippen LogP contribution in [0.3, 0.4) is 0 Å². The maximum absolute atomic E-state index is 9.63. The summed E-state index contributed by atoms with van der Waals surface area (Å²) < 4.78 is 0. The fourth-order valence-corrected chi connectivity index (χ4v) is 1.63. The topological polar surface area (TPSA) is 46.0 Å². The monoisotopic (exact) mass is 226 g/mol. The van der Waals surface area contributed by atoms with Gasteiger partial charge in [-0.3, -0.25) is 0 Å². The zero-order valence-electron chi connectivity index (χ0n) is 9.88. The molecule has 3 nitrogen and oxygen atoms in total. The van der Waals surface area contributed by atoms with Crippen molar-refractivity contribution in [3.8, 4) is 5.75 Å². The molecule has 0 aliphatic carbocycles. The Hall–Kier alpha value is -2.16. The SMILES string of the molecule is CC.Oc1cccc2nc3ccccc3nc12. The molecule has 0 aliphatic heterocycles. The van der Waals surface area contributed by atoms with Gasteiger partial charge in [0, 0.05) is 0 Å². The second kappa shape index (κ2) is 4.78. The summed E-state index contributed by atoms with van der Waals surface area (Å²) in [6.45, 7) is 4.00. The number of fused-ring (bicyclic) bond motifs is 2. The van der Waals surface area contributed by atoms with Crippen LogP contribution in [0.1, 0.15) is 13.8 Å². The van der Waals surface area contributed by atoms with Crippen molar-refractivity contribution < 1.29 is 5.11 Å². The van der Waals surface area contributed by atoms with Gasteiger partial charge in [-0.05, 0) is 24.3 Å². The Morgan fingerprint density at radius 3 is 2.06 bits per heavy atom. The van der Waals surface area contributed by atoms with Crippen molar-refractivity contribution in [3.63, 3.8) is 0 Å². The first-order valence-electron chi connectivity index (χ1n) is 5.69. The van der Waals surface area contributed by atoms with Crippen LogP contribution in [-0.2, 0) is 0 Å². The second-order valence-corrected chi connectivity index (χ2v) is 3.36. The highest BCUT2D eigenvalue weighted by Crippen LogP contribution is 2.22. The molecule has 17 heavy (non-hydrogen) atoms. The number of aromatic hydroxyl groups is 1. The molecule has 0 amide bonds. The van der Waals surface area contributed by atoms with Crippen molar-refractivity contribution >= 4 is 22.1 Å². The van der Waals surface area contributed by atoms with Crippen LogP contribution in [0.15, 0.2) is 42.5 Å². The smallest absolute Gasteiger partial charge is 0.143 e. The number of aromatic nitrogens is 2. The normalized spacial score (nSPS) is 10.0. The lowest BCUT2D eigenvalue weighted by atomic mass is 10.2. The van der Waals surface area contributed by atoms with Crippen molar-refractivity contribution in [2.24, 2.45) is 0 Å². The fraction of sp³-hybridized carbons (Fsp3) is 0.143. The highest BCUT2D eigenvalue weighted by Gasteiger charge is 2.03. The second-order valence-electron chi connectivity index (χ2n) is 3.36. The number of hydrogen-bond donors (Lipinski definition) is 1. The van der Waals surface area contributed by atoms with Gasteiger partial charge in [0.05, 0.1) is 16.6 Å². The number of phenols is 1. The Bertz CT molecular complexity index is 650. The van der Waals surface area contributed by atoms with E-state index in [-0.39, 0.29) is 5.75 Å². The molecule has 2 aromatic carbocycles. The number of phenolic OH excluding ortho intramolecular Hbond substituents is 1. The summed E-state index contributed by atoms with van der Waals surface area (Å²) in [7, 11) is 0. The molecule has 0 saturated carbocycles. The Morgan fingerprint density at radius 2 is 1.35 bits per heavy atom. The minimum absolute atomic E-state index is 0.172. The Labute approximate surface area is 99.8 Å². The molecular weight excluding hydrogens is 212 g/mol. The fourth-order valence-electron chi connectivity index (χ4n) is 1.63. The van der Waals surface area contributed by atoms with Gasteiger partial charge >= 0.3 is 0 Å². The van der Waals surface area contributed by atoms with E-state index in [4.69, 9.17) is 0 Å². The maximum atomic E-state index is 9.63. The third-order valence-corrected chi connectivity index (χ3v) is 2.35. The number of hydrogen-bond acceptors (Lipinski definition) is 3. The predicted octanol–water partition coefficient (Wildman–Crippen LogP) is 3.51. The summed E-state index contributed by atoms with van der Waals surface area (Å²) in [5.74, 6) is 0.172. The van der Waals surface area contributed by atoms with E-state index in [9.17, 15) is 5.11 Å². The van der Waals surface area contributed by atoms with E-state index in [1.165, 1.54) is 0 Å². The van der Waals surface area contributed by atoms with E-state index in [1.807, 2.05) is 44.2 Å². The third-order valence-electron chi connectivity index (χ3n) is 2.35. The summed E-state index contributed by atoms with van der Waals surface area (Å²) >= 11 is 0. The standard InChI is InChI=1S/C12H8N2O.C2H6/c15-11-7-3-6-10-12(11)14-9-5-2-1-4-8(9)13-10;1-2/h1-7,15H;1-2H3. The largest absolute Gasteiger partial charge is 0.506 e. The average molecular weight is 226 g/mol. The minimum atomic E-state index is 0.172. The van der Waals surface area contributed by atoms with E-state index in [2.05, 4.69) is 9.97 Å². The first-order valence-corrected chi connectivity index (χ1v) is 5.69. The Morgan fingerprint density at radius 1 is 0.765 bits per heavy atom. The molecule has 0 fully saturated rings. The lowest BCUT2D eigenvalue weighted by Gasteiger charge is -2.01. The van der Waals surface area contributed by atoms with Crippen LogP contribution >= 0.6 is 0 Å². The van der Waals surface area contributed by atoms with Crippen LogP contribution in [0.5, 0.6) is 5.75 Å². The van der Waals surface area contributed by atoms with Crippen LogP contribution in [-0.4, -0.2) is 15.1 Å². The zero-order chi connectivity index (χ0) is 12.3. The molecule has 1 N–H and O–H groups in total. The van der Waals surface area contributed by atoms with Gasteiger partial charge in [-0.15, -0.1) is 0 Å². The summed E-state index contributed by atoms with van der Waals surface area (Å²) in [6.07, 6.45) is 0. The molecule has 0 atom stereocenters. The summed E-state index contributed by atoms with van der Waals surface area (Å²) in [6, 6.07) is 12.8. The highest BCUT2D eigenvalue weighted by molar-refractivity contribution is 5.89. The van der Waals surface area contributed by atoms with Crippen molar-refractivity contribution in [2.45, 2.75) is 13.8 Å². The lowest BCUT2D eigenvalue weighted by molar-refractivity contribution is 0.480. The van der Waals surface area contributed by atoms with Gasteiger partial charge < -0.3 is 5.11 Å². The van der Waals surface area contributed by atoms with Crippen LogP contribution in [0.2, 0.25) is 0 Å². The van der Waals surface area contributed by atoms with Crippen molar-refractivity contribution in [1.82, 2.24) is 9.97 Å². The minimum Gasteiger partial charge on any atom is -0.506 e. The van der Waals surface area contributed by atoms with E-state index < -0.39 is 0 Å². The van der Waals surface area contributed by atoms with Gasteiger partial charge in [0.1, 0.15) is 11.3 Å². The van der Waals surface area contributed by atoms with Crippen LogP contribution in [0, 0.1) is 0 Å². The molecule has 3 aromatic rings. The number of para-hydroxylation sites is 3. The molecule has 1 heterocycles. The highest BCUT2D eigenvalue weighted by atomic mass is 16.3. The van der Waals surface area contributed by atoms with Crippen LogP contribution in [0.25, 0.3) is 22.1 Å². The molecule has 0 saturated heterocycles. The van der Waals surface area contributed by atoms with Gasteiger partial charge in [-0.25, -0.2) is 9.97 Å². The molecule has 0 unspecified atom stereocenters. The molecule has 86 valence electrons. The van der Waals surface area contributed by atoms with E-state index in [0.29, 0.717) is 11.0 Å². The summed E-state index contributed by atoms with van der Waals surface area (Å²) in [5.41, 5.74) is 2.91. The maximum Gasteiger partial charge on any atom is 0.143 e. The van der Waals surface area contributed by atoms with E-state index in [1.54, 1.807) is 12.1 Å². The van der Waals surface area contributed by atoms with Gasteiger partial charge in [0.2, 0.25) is 0 Å². The van der Waals surface area contributed by atoms with Crippen LogP contribution < -0.4 is 0 Å². The van der Waals surface area contributed by atoms with Gasteiger partial charge in [0.25, 0.3) is 0 Å². The van der Waals surface area contributed by atoms with E-state index >= 15 is 0 Å². The number of benzene rings is 2. The van der Waals surface area contributed by atoms with E-state index in [0.717, 1.165) is 11.0 Å². The van der Waals surface area contributed by atoms with Gasteiger partial charge in [0.15, 0.2) is 0 Å². The zero-order valence-corrected chi connectivity index (χ0v) is 9.88. The van der Waals surface area contributed by atoms with Gasteiger partial charge in [-0.1, -0.05) is 32.0 Å². The molecule has 0 aliphatic rings. The van der Waals surface area contributed by atoms with Gasteiger partial charge in [-0.2, -0.15) is 0 Å². The lowest BCUT2D eigenvalue weighted by Crippen LogP contribution is -1.86. The molecule has 1 aromatic heterocycles. The molecule has 3 heteroatoms. The molecule has 0 spiro atoms.